The molecule has 0 spiro atoms. The Kier molecular flexibility index (Phi) is 4.53. The molecule has 0 heterocycles. The zero-order valence-electron chi connectivity index (χ0n) is 10.7. The zero-order valence-corrected chi connectivity index (χ0v) is 11.4. The lowest BCUT2D eigenvalue weighted by molar-refractivity contribution is 0.107. The van der Waals surface area contributed by atoms with Gasteiger partial charge in [-0.15, -0.1) is 0 Å². The molecule has 0 atom stereocenters. The smallest absolute Gasteiger partial charge is 0.258 e. The van der Waals surface area contributed by atoms with Crippen molar-refractivity contribution in [3.63, 3.8) is 0 Å². The molecule has 128 valence electrons. The van der Waals surface area contributed by atoms with Crippen molar-refractivity contribution < 1.29 is 44.3 Å². The predicted octanol–water partition coefficient (Wildman–Crippen LogP) is 4.98. The first-order valence-electron chi connectivity index (χ1n) is 5.59. The van der Waals surface area contributed by atoms with Crippen LogP contribution in [0.25, 0.3) is 11.1 Å². The second kappa shape index (κ2) is 6.00. The Morgan fingerprint density at radius 2 is 0.750 bits per heavy atom. The molecule has 0 saturated carbocycles. The van der Waals surface area contributed by atoms with E-state index in [1.165, 1.54) is 0 Å². The lowest BCUT2D eigenvalue weighted by Gasteiger charge is -2.13. The Hall–Kier alpha value is -2.23. The van der Waals surface area contributed by atoms with E-state index in [0.717, 1.165) is 0 Å². The van der Waals surface area contributed by atoms with Gasteiger partial charge >= 0.3 is 0 Å². The topological polar surface area (TPSA) is 17.1 Å². The minimum atomic E-state index is -2.68. The lowest BCUT2D eigenvalue weighted by atomic mass is 9.99. The second-order valence-corrected chi connectivity index (χ2v) is 4.57. The highest BCUT2D eigenvalue weighted by Gasteiger charge is 2.35. The second-order valence-electron chi connectivity index (χ2n) is 4.22. The molecule has 0 aliphatic carbocycles. The molecule has 0 fully saturated rings. The van der Waals surface area contributed by atoms with E-state index in [1.807, 2.05) is 0 Å². The van der Waals surface area contributed by atoms with Gasteiger partial charge in [0.2, 0.25) is 5.82 Å². The first kappa shape index (κ1) is 18.1. The van der Waals surface area contributed by atoms with Crippen LogP contribution in [0.5, 0.6) is 0 Å². The van der Waals surface area contributed by atoms with Crippen LogP contribution in [0.15, 0.2) is 0 Å². The summed E-state index contributed by atoms with van der Waals surface area (Å²) in [6, 6.07) is 0. The van der Waals surface area contributed by atoms with Gasteiger partial charge in [0.15, 0.2) is 46.5 Å². The van der Waals surface area contributed by atoms with Crippen LogP contribution in [-0.4, -0.2) is 5.24 Å². The number of rotatable bonds is 2. The number of hydrogen-bond donors (Lipinski definition) is 0. The van der Waals surface area contributed by atoms with Gasteiger partial charge in [0, 0.05) is 0 Å². The van der Waals surface area contributed by atoms with Crippen molar-refractivity contribution in [3.8, 4) is 11.1 Å². The molecule has 1 nitrogen and oxygen atoms in total. The molecular weight excluding hydrogens is 379 g/mol. The summed E-state index contributed by atoms with van der Waals surface area (Å²) in [6.07, 6.45) is 0. The molecule has 0 amide bonds. The number of carbonyl (C=O) groups is 1. The summed E-state index contributed by atoms with van der Waals surface area (Å²) in [5.74, 6) is -23.4. The van der Waals surface area contributed by atoms with Gasteiger partial charge in [0.1, 0.15) is 5.56 Å². The van der Waals surface area contributed by atoms with Crippen molar-refractivity contribution in [1.82, 2.24) is 0 Å². The van der Waals surface area contributed by atoms with Gasteiger partial charge in [-0.05, 0) is 11.6 Å². The van der Waals surface area contributed by atoms with Gasteiger partial charge in [-0.25, -0.2) is 39.5 Å². The molecule has 11 heteroatoms. The first-order valence-corrected chi connectivity index (χ1v) is 5.97. The maximum Gasteiger partial charge on any atom is 0.258 e. The maximum atomic E-state index is 13.8. The Morgan fingerprint density at radius 3 is 1.04 bits per heavy atom. The highest BCUT2D eigenvalue weighted by Crippen LogP contribution is 2.37. The van der Waals surface area contributed by atoms with Crippen molar-refractivity contribution in [1.29, 1.82) is 0 Å². The van der Waals surface area contributed by atoms with Gasteiger partial charge in [-0.2, -0.15) is 0 Å². The van der Waals surface area contributed by atoms with E-state index in [0.29, 0.717) is 0 Å². The molecule has 2 rings (SSSR count). The summed E-state index contributed by atoms with van der Waals surface area (Å²) in [7, 11) is 0. The van der Waals surface area contributed by atoms with Crippen LogP contribution in [0, 0.1) is 52.4 Å². The lowest BCUT2D eigenvalue weighted by Crippen LogP contribution is -2.12. The third kappa shape index (κ3) is 2.41. The third-order valence-corrected chi connectivity index (χ3v) is 3.11. The van der Waals surface area contributed by atoms with E-state index >= 15 is 0 Å². The molecule has 2 aromatic carbocycles. The van der Waals surface area contributed by atoms with Crippen molar-refractivity contribution in [3.05, 3.63) is 57.9 Å². The molecule has 0 N–H and O–H groups in total. The van der Waals surface area contributed by atoms with Crippen molar-refractivity contribution in [2.45, 2.75) is 0 Å². The monoisotopic (exact) mass is 378 g/mol. The molecule has 0 unspecified atom stereocenters. The fraction of sp³-hybridized carbons (Fsp3) is 0. The summed E-state index contributed by atoms with van der Waals surface area (Å²) in [4.78, 5) is 10.8. The van der Waals surface area contributed by atoms with E-state index in [4.69, 9.17) is 11.6 Å². The van der Waals surface area contributed by atoms with Crippen molar-refractivity contribution >= 4 is 16.8 Å². The van der Waals surface area contributed by atoms with E-state index < -0.39 is 74.3 Å². The average molecular weight is 379 g/mol. The summed E-state index contributed by atoms with van der Waals surface area (Å²) in [6.45, 7) is 0. The van der Waals surface area contributed by atoms with E-state index in [-0.39, 0.29) is 0 Å². The van der Waals surface area contributed by atoms with Crippen LogP contribution < -0.4 is 0 Å². The van der Waals surface area contributed by atoms with E-state index in [1.54, 1.807) is 0 Å². The van der Waals surface area contributed by atoms with E-state index in [9.17, 15) is 44.3 Å². The first-order chi connectivity index (χ1) is 11.0. The Labute approximate surface area is 131 Å². The van der Waals surface area contributed by atoms with Crippen LogP contribution in [0.4, 0.5) is 39.5 Å². The number of carbonyl (C=O) groups excluding carboxylic acids is 1. The van der Waals surface area contributed by atoms with Gasteiger partial charge < -0.3 is 0 Å². The van der Waals surface area contributed by atoms with Gasteiger partial charge in [-0.3, -0.25) is 4.79 Å². The quantitative estimate of drug-likeness (QED) is 0.312. The highest BCUT2D eigenvalue weighted by molar-refractivity contribution is 6.67. The average Bonchev–Trinajstić information content (AvgIpc) is 2.52. The molecule has 0 aliphatic rings. The van der Waals surface area contributed by atoms with Gasteiger partial charge in [0.05, 0.1) is 11.1 Å². The minimum Gasteiger partial charge on any atom is -0.275 e. The van der Waals surface area contributed by atoms with Crippen LogP contribution in [0.1, 0.15) is 10.4 Å². The molecule has 0 aromatic heterocycles. The van der Waals surface area contributed by atoms with Gasteiger partial charge in [0.25, 0.3) is 5.24 Å². The minimum absolute atomic E-state index is 1.93. The number of halogens is 10. The molecule has 0 bridgehead atoms. The molecule has 24 heavy (non-hydrogen) atoms. The predicted molar refractivity (Wildman–Crippen MR) is 61.7 cm³/mol. The molecule has 2 aromatic rings. The molecule has 0 radical (unpaired) electrons. The largest absolute Gasteiger partial charge is 0.275 e. The summed E-state index contributed by atoms with van der Waals surface area (Å²) >= 11 is 4.72. The SMILES string of the molecule is O=C(Cl)c1c(F)c(F)c(-c2c(F)c(F)c(F)c(F)c2F)c(F)c1F. The number of hydrogen-bond acceptors (Lipinski definition) is 1. The van der Waals surface area contributed by atoms with Gasteiger partial charge in [-0.1, -0.05) is 0 Å². The summed E-state index contributed by atoms with van der Waals surface area (Å²) in [5.41, 5.74) is -6.40. The Morgan fingerprint density at radius 1 is 0.500 bits per heavy atom. The Balaban J connectivity index is 3.04. The van der Waals surface area contributed by atoms with Crippen LogP contribution >= 0.6 is 11.6 Å². The fourth-order valence-corrected chi connectivity index (χ4v) is 2.01. The van der Waals surface area contributed by atoms with Crippen molar-refractivity contribution in [2.24, 2.45) is 0 Å². The van der Waals surface area contributed by atoms with Crippen LogP contribution in [0.2, 0.25) is 0 Å². The van der Waals surface area contributed by atoms with E-state index in [2.05, 4.69) is 0 Å². The standard InChI is InChI=1S/C13ClF9O/c14-13(24)3-8(19)4(15)1(5(16)9(3)20)2-6(17)10(21)12(23)11(22)7(2)18. The van der Waals surface area contributed by atoms with Crippen LogP contribution in [-0.2, 0) is 0 Å². The van der Waals surface area contributed by atoms with Crippen molar-refractivity contribution in [2.75, 3.05) is 0 Å². The fourth-order valence-electron chi connectivity index (χ4n) is 1.85. The summed E-state index contributed by atoms with van der Waals surface area (Å²) in [5, 5.41) is -1.99. The Bertz CT molecular complexity index is 836. The third-order valence-electron chi connectivity index (χ3n) is 2.92. The highest BCUT2D eigenvalue weighted by atomic mass is 35.5. The maximum absolute atomic E-state index is 13.8. The molecular formula is C13ClF9O. The zero-order chi connectivity index (χ0) is 18.5. The molecule has 0 aliphatic heterocycles. The normalized spacial score (nSPS) is 11.1. The van der Waals surface area contributed by atoms with Crippen LogP contribution in [0.3, 0.4) is 0 Å². The molecule has 0 saturated heterocycles. The summed E-state index contributed by atoms with van der Waals surface area (Å²) < 4.78 is 121. The number of benzene rings is 2.